The first kappa shape index (κ1) is 13.7. The number of fused-ring (bicyclic) bond motifs is 1. The first-order chi connectivity index (χ1) is 8.84. The van der Waals surface area contributed by atoms with Crippen LogP contribution in [0.2, 0.25) is 0 Å². The van der Waals surface area contributed by atoms with Crippen LogP contribution >= 0.6 is 0 Å². The molecule has 0 saturated heterocycles. The molecule has 0 saturated carbocycles. The van der Waals surface area contributed by atoms with Gasteiger partial charge in [0.25, 0.3) is 0 Å². The van der Waals surface area contributed by atoms with E-state index in [1.165, 1.54) is 0 Å². The molecule has 4 heteroatoms. The standard InChI is InChI=1S/C15H21N3O/c1-15(2,3)14-17-11-9-10(13(19)7-8-16)5-6-12(11)18(14)4/h5-6,9H,7-8,16H2,1-4H3. The van der Waals surface area contributed by atoms with Crippen LogP contribution in [0.15, 0.2) is 18.2 Å². The second-order valence-corrected chi connectivity index (χ2v) is 5.91. The smallest absolute Gasteiger partial charge is 0.164 e. The van der Waals surface area contributed by atoms with Gasteiger partial charge in [-0.15, -0.1) is 0 Å². The van der Waals surface area contributed by atoms with Crippen LogP contribution in [0.25, 0.3) is 11.0 Å². The second-order valence-electron chi connectivity index (χ2n) is 5.91. The fraction of sp³-hybridized carbons (Fsp3) is 0.467. The molecular formula is C15H21N3O. The molecule has 0 bridgehead atoms. The maximum absolute atomic E-state index is 11.9. The highest BCUT2D eigenvalue weighted by Crippen LogP contribution is 2.26. The van der Waals surface area contributed by atoms with Gasteiger partial charge in [-0.25, -0.2) is 4.98 Å². The minimum Gasteiger partial charge on any atom is -0.331 e. The van der Waals surface area contributed by atoms with E-state index in [0.29, 0.717) is 18.5 Å². The molecule has 2 rings (SSSR count). The quantitative estimate of drug-likeness (QED) is 0.861. The molecule has 2 N–H and O–H groups in total. The normalized spacial score (nSPS) is 12.1. The Labute approximate surface area is 113 Å². The minimum absolute atomic E-state index is 0.0187. The van der Waals surface area contributed by atoms with Gasteiger partial charge in [0.2, 0.25) is 0 Å². The van der Waals surface area contributed by atoms with Crippen LogP contribution in [0.1, 0.15) is 43.4 Å². The fourth-order valence-corrected chi connectivity index (χ4v) is 2.32. The summed E-state index contributed by atoms with van der Waals surface area (Å²) in [4.78, 5) is 16.5. The van der Waals surface area contributed by atoms with E-state index < -0.39 is 0 Å². The number of imidazole rings is 1. The van der Waals surface area contributed by atoms with Crippen molar-refractivity contribution >= 4 is 16.8 Å². The Morgan fingerprint density at radius 1 is 1.37 bits per heavy atom. The van der Waals surface area contributed by atoms with Crippen LogP contribution < -0.4 is 5.73 Å². The van der Waals surface area contributed by atoms with E-state index in [9.17, 15) is 4.79 Å². The van der Waals surface area contributed by atoms with E-state index >= 15 is 0 Å². The number of benzene rings is 1. The summed E-state index contributed by atoms with van der Waals surface area (Å²) in [6.07, 6.45) is 0.379. The van der Waals surface area contributed by atoms with Gasteiger partial charge in [-0.3, -0.25) is 4.79 Å². The summed E-state index contributed by atoms with van der Waals surface area (Å²) in [6, 6.07) is 5.68. The molecule has 0 atom stereocenters. The molecule has 102 valence electrons. The number of carbonyl (C=O) groups is 1. The average molecular weight is 259 g/mol. The highest BCUT2D eigenvalue weighted by Gasteiger charge is 2.21. The highest BCUT2D eigenvalue weighted by atomic mass is 16.1. The molecule has 0 amide bonds. The van der Waals surface area contributed by atoms with Crippen molar-refractivity contribution in [3.63, 3.8) is 0 Å². The van der Waals surface area contributed by atoms with Crippen molar-refractivity contribution in [3.8, 4) is 0 Å². The van der Waals surface area contributed by atoms with Crippen LogP contribution in [-0.2, 0) is 12.5 Å². The third kappa shape index (κ3) is 2.54. The summed E-state index contributed by atoms with van der Waals surface area (Å²) in [5, 5.41) is 0. The van der Waals surface area contributed by atoms with Crippen molar-refractivity contribution in [3.05, 3.63) is 29.6 Å². The first-order valence-corrected chi connectivity index (χ1v) is 6.55. The summed E-state index contributed by atoms with van der Waals surface area (Å²) in [6.45, 7) is 6.78. The number of nitrogens with zero attached hydrogens (tertiary/aromatic N) is 2. The van der Waals surface area contributed by atoms with Crippen molar-refractivity contribution in [1.82, 2.24) is 9.55 Å². The van der Waals surface area contributed by atoms with Gasteiger partial charge < -0.3 is 10.3 Å². The molecule has 0 spiro atoms. The van der Waals surface area contributed by atoms with E-state index in [1.54, 1.807) is 0 Å². The Balaban J connectivity index is 2.53. The molecule has 0 fully saturated rings. The van der Waals surface area contributed by atoms with Gasteiger partial charge in [0.15, 0.2) is 5.78 Å². The first-order valence-electron chi connectivity index (χ1n) is 6.55. The fourth-order valence-electron chi connectivity index (χ4n) is 2.32. The lowest BCUT2D eigenvalue weighted by molar-refractivity contribution is 0.0985. The monoisotopic (exact) mass is 259 g/mol. The minimum atomic E-state index is -0.0187. The van der Waals surface area contributed by atoms with Gasteiger partial charge in [-0.2, -0.15) is 0 Å². The number of carbonyl (C=O) groups excluding carboxylic acids is 1. The Kier molecular flexibility index (Phi) is 3.45. The van der Waals surface area contributed by atoms with E-state index in [2.05, 4.69) is 30.3 Å². The molecule has 4 nitrogen and oxygen atoms in total. The number of hydrogen-bond donors (Lipinski definition) is 1. The summed E-state index contributed by atoms with van der Waals surface area (Å²) in [5.74, 6) is 1.10. The molecular weight excluding hydrogens is 238 g/mol. The van der Waals surface area contributed by atoms with Crippen molar-refractivity contribution in [2.75, 3.05) is 6.54 Å². The molecule has 0 radical (unpaired) electrons. The van der Waals surface area contributed by atoms with Crippen molar-refractivity contribution < 1.29 is 4.79 Å². The topological polar surface area (TPSA) is 60.9 Å². The molecule has 0 aliphatic carbocycles. The Bertz CT molecular complexity index is 620. The third-order valence-corrected chi connectivity index (χ3v) is 3.25. The number of ketones is 1. The van der Waals surface area contributed by atoms with Crippen molar-refractivity contribution in [1.29, 1.82) is 0 Å². The van der Waals surface area contributed by atoms with Gasteiger partial charge in [0.05, 0.1) is 11.0 Å². The zero-order chi connectivity index (χ0) is 14.2. The molecule has 1 aromatic heterocycles. The summed E-state index contributed by atoms with van der Waals surface area (Å²) < 4.78 is 2.09. The molecule has 1 heterocycles. The van der Waals surface area contributed by atoms with Crippen molar-refractivity contribution in [2.45, 2.75) is 32.6 Å². The number of aromatic nitrogens is 2. The Morgan fingerprint density at radius 3 is 2.63 bits per heavy atom. The van der Waals surface area contributed by atoms with Crippen LogP contribution in [0.4, 0.5) is 0 Å². The van der Waals surface area contributed by atoms with E-state index in [0.717, 1.165) is 16.9 Å². The zero-order valence-corrected chi connectivity index (χ0v) is 12.0. The van der Waals surface area contributed by atoms with Crippen LogP contribution in [0.5, 0.6) is 0 Å². The lowest BCUT2D eigenvalue weighted by atomic mass is 9.96. The molecule has 0 aliphatic heterocycles. The molecule has 2 aromatic rings. The zero-order valence-electron chi connectivity index (χ0n) is 12.0. The maximum atomic E-state index is 11.9. The van der Waals surface area contributed by atoms with E-state index in [4.69, 9.17) is 5.73 Å². The van der Waals surface area contributed by atoms with E-state index in [-0.39, 0.29) is 11.2 Å². The predicted octanol–water partition coefficient (Wildman–Crippen LogP) is 2.40. The largest absolute Gasteiger partial charge is 0.331 e. The molecule has 0 unspecified atom stereocenters. The number of Topliss-reactive ketones (excluding diaryl/α,β-unsaturated/α-hetero) is 1. The summed E-state index contributed by atoms with van der Waals surface area (Å²) in [5.41, 5.74) is 8.02. The van der Waals surface area contributed by atoms with Gasteiger partial charge in [-0.1, -0.05) is 20.8 Å². The Morgan fingerprint density at radius 2 is 2.05 bits per heavy atom. The molecule has 1 aromatic carbocycles. The number of hydrogen-bond acceptors (Lipinski definition) is 3. The van der Waals surface area contributed by atoms with Gasteiger partial charge in [-0.05, 0) is 24.7 Å². The number of rotatable bonds is 3. The number of aryl methyl sites for hydroxylation is 1. The Hall–Kier alpha value is -1.68. The number of nitrogens with two attached hydrogens (primary N) is 1. The second kappa shape index (κ2) is 4.78. The highest BCUT2D eigenvalue weighted by molar-refractivity contribution is 5.99. The lowest BCUT2D eigenvalue weighted by Crippen LogP contribution is -2.17. The summed E-state index contributed by atoms with van der Waals surface area (Å²) >= 11 is 0. The van der Waals surface area contributed by atoms with Crippen LogP contribution in [-0.4, -0.2) is 21.9 Å². The van der Waals surface area contributed by atoms with Crippen molar-refractivity contribution in [2.24, 2.45) is 12.8 Å². The molecule has 19 heavy (non-hydrogen) atoms. The van der Waals surface area contributed by atoms with E-state index in [1.807, 2.05) is 25.2 Å². The SMILES string of the molecule is Cn1c(C(C)(C)C)nc2cc(C(=O)CCN)ccc21. The third-order valence-electron chi connectivity index (χ3n) is 3.25. The van der Waals surface area contributed by atoms with Gasteiger partial charge in [0.1, 0.15) is 5.82 Å². The van der Waals surface area contributed by atoms with Crippen LogP contribution in [0.3, 0.4) is 0 Å². The maximum Gasteiger partial charge on any atom is 0.164 e. The summed E-state index contributed by atoms with van der Waals surface area (Å²) in [7, 11) is 2.01. The predicted molar refractivity (Wildman–Crippen MR) is 77.4 cm³/mol. The average Bonchev–Trinajstić information content (AvgIpc) is 2.66. The lowest BCUT2D eigenvalue weighted by Gasteiger charge is -2.17. The molecule has 0 aliphatic rings. The van der Waals surface area contributed by atoms with Gasteiger partial charge in [0, 0.05) is 24.4 Å². The van der Waals surface area contributed by atoms with Crippen LogP contribution in [0, 0.1) is 0 Å². The van der Waals surface area contributed by atoms with Gasteiger partial charge >= 0.3 is 0 Å².